The highest BCUT2D eigenvalue weighted by Crippen LogP contribution is 2.42. The number of amides is 2. The standard InChI is InChI=1S/C33H36ClN3O2S/c1-36(28-11-3-2-4-12-28)20-8-19-35-32(38)26-17-15-24(16-18-26)22-31-33(39)37(23-25-9-7-10-27(34)21-25)29-13-5-6-14-30(29)40-31/h5-7,9-10,13-18,21-22,28H,2-4,8,11-12,19-20,23H2,1H3,(H,35,38)/p+1. The highest BCUT2D eigenvalue weighted by atomic mass is 35.5. The highest BCUT2D eigenvalue weighted by Gasteiger charge is 2.29. The summed E-state index contributed by atoms with van der Waals surface area (Å²) in [6.45, 7) is 2.20. The van der Waals surface area contributed by atoms with Crippen LogP contribution in [0.3, 0.4) is 0 Å². The fourth-order valence-corrected chi connectivity index (χ4v) is 6.86. The van der Waals surface area contributed by atoms with Crippen molar-refractivity contribution >= 4 is 46.9 Å². The van der Waals surface area contributed by atoms with Crippen molar-refractivity contribution in [3.63, 3.8) is 0 Å². The van der Waals surface area contributed by atoms with Gasteiger partial charge in [-0.2, -0.15) is 0 Å². The van der Waals surface area contributed by atoms with Crippen molar-refractivity contribution in [3.05, 3.63) is 99.4 Å². The van der Waals surface area contributed by atoms with Crippen LogP contribution in [0.5, 0.6) is 0 Å². The van der Waals surface area contributed by atoms with Crippen molar-refractivity contribution in [2.75, 3.05) is 25.0 Å². The van der Waals surface area contributed by atoms with Crippen molar-refractivity contribution in [2.24, 2.45) is 0 Å². The SMILES string of the molecule is C[NH+](CCCNC(=O)c1ccc(C=C2Sc3ccccc3N(Cc3cccc(Cl)c3)C2=O)cc1)C1CCCCC1. The Hall–Kier alpha value is -3.06. The average Bonchev–Trinajstić information content (AvgIpc) is 2.98. The minimum absolute atomic E-state index is 0.0502. The number of para-hydroxylation sites is 1. The van der Waals surface area contributed by atoms with E-state index in [0.29, 0.717) is 28.6 Å². The Bertz CT molecular complexity index is 1370. The van der Waals surface area contributed by atoms with Crippen LogP contribution < -0.4 is 15.1 Å². The number of hydrogen-bond acceptors (Lipinski definition) is 3. The summed E-state index contributed by atoms with van der Waals surface area (Å²) in [5.74, 6) is -0.106. The number of carbonyl (C=O) groups is 2. The molecule has 208 valence electrons. The summed E-state index contributed by atoms with van der Waals surface area (Å²) < 4.78 is 0. The maximum atomic E-state index is 13.6. The topological polar surface area (TPSA) is 53.9 Å². The maximum absolute atomic E-state index is 13.6. The van der Waals surface area contributed by atoms with Gasteiger partial charge in [-0.3, -0.25) is 9.59 Å². The van der Waals surface area contributed by atoms with Crippen molar-refractivity contribution in [3.8, 4) is 0 Å². The number of fused-ring (bicyclic) bond motifs is 1. The van der Waals surface area contributed by atoms with Crippen LogP contribution in [-0.2, 0) is 11.3 Å². The number of halogens is 1. The predicted molar refractivity (Wildman–Crippen MR) is 165 cm³/mol. The molecule has 1 fully saturated rings. The molecule has 3 aromatic rings. The number of hydrogen-bond donors (Lipinski definition) is 2. The molecule has 1 atom stereocenters. The molecule has 1 aliphatic carbocycles. The molecule has 3 aromatic carbocycles. The Morgan fingerprint density at radius 2 is 1.82 bits per heavy atom. The van der Waals surface area contributed by atoms with Crippen LogP contribution in [0.15, 0.2) is 82.6 Å². The van der Waals surface area contributed by atoms with Crippen molar-refractivity contribution in [2.45, 2.75) is 56.0 Å². The molecule has 1 unspecified atom stereocenters. The van der Waals surface area contributed by atoms with Gasteiger partial charge >= 0.3 is 0 Å². The zero-order valence-electron chi connectivity index (χ0n) is 23.0. The maximum Gasteiger partial charge on any atom is 0.265 e. The molecule has 1 aliphatic heterocycles. The first kappa shape index (κ1) is 28.5. The van der Waals surface area contributed by atoms with Gasteiger partial charge < -0.3 is 15.1 Å². The van der Waals surface area contributed by atoms with E-state index in [9.17, 15) is 9.59 Å². The second-order valence-electron chi connectivity index (χ2n) is 10.8. The molecule has 1 heterocycles. The van der Waals surface area contributed by atoms with Crippen LogP contribution in [0.4, 0.5) is 5.69 Å². The highest BCUT2D eigenvalue weighted by molar-refractivity contribution is 8.04. The van der Waals surface area contributed by atoms with E-state index in [-0.39, 0.29) is 11.8 Å². The second kappa shape index (κ2) is 13.5. The van der Waals surface area contributed by atoms with Gasteiger partial charge in [0.2, 0.25) is 0 Å². The largest absolute Gasteiger partial charge is 0.352 e. The quantitative estimate of drug-likeness (QED) is 0.244. The molecule has 5 nitrogen and oxygen atoms in total. The van der Waals surface area contributed by atoms with Gasteiger partial charge in [0, 0.05) is 28.4 Å². The normalized spacial score (nSPS) is 17.5. The number of quaternary nitrogens is 1. The fourth-order valence-electron chi connectivity index (χ4n) is 5.59. The van der Waals surface area contributed by atoms with E-state index in [2.05, 4.69) is 12.4 Å². The Morgan fingerprint density at radius 1 is 1.05 bits per heavy atom. The third-order valence-electron chi connectivity index (χ3n) is 7.87. The molecule has 0 bridgehead atoms. The molecule has 2 amide bonds. The minimum atomic E-state index is -0.0562. The monoisotopic (exact) mass is 574 g/mol. The first-order valence-corrected chi connectivity index (χ1v) is 15.4. The molecule has 0 radical (unpaired) electrons. The molecule has 2 N–H and O–H groups in total. The van der Waals surface area contributed by atoms with Crippen LogP contribution in [0.2, 0.25) is 5.02 Å². The van der Waals surface area contributed by atoms with Gasteiger partial charge in [-0.1, -0.05) is 66.2 Å². The van der Waals surface area contributed by atoms with Gasteiger partial charge in [0.05, 0.1) is 36.8 Å². The Balaban J connectivity index is 1.21. The number of anilines is 1. The zero-order valence-corrected chi connectivity index (χ0v) is 24.6. The molecule has 1 saturated carbocycles. The lowest BCUT2D eigenvalue weighted by atomic mass is 9.94. The first-order chi connectivity index (χ1) is 19.5. The lowest BCUT2D eigenvalue weighted by Gasteiger charge is -2.30. The first-order valence-electron chi connectivity index (χ1n) is 14.2. The average molecular weight is 575 g/mol. The number of benzene rings is 3. The van der Waals surface area contributed by atoms with E-state index in [1.54, 1.807) is 9.80 Å². The Kier molecular flexibility index (Phi) is 9.63. The summed E-state index contributed by atoms with van der Waals surface area (Å²) >= 11 is 7.68. The Morgan fingerprint density at radius 3 is 2.60 bits per heavy atom. The third-order valence-corrected chi connectivity index (χ3v) is 9.18. The van der Waals surface area contributed by atoms with Crippen molar-refractivity contribution in [1.82, 2.24) is 5.32 Å². The van der Waals surface area contributed by atoms with Crippen LogP contribution in [0, 0.1) is 0 Å². The van der Waals surface area contributed by atoms with Crippen molar-refractivity contribution in [1.29, 1.82) is 0 Å². The molecule has 2 aliphatic rings. The van der Waals surface area contributed by atoms with Crippen LogP contribution >= 0.6 is 23.4 Å². The summed E-state index contributed by atoms with van der Waals surface area (Å²) in [6.07, 6.45) is 9.62. The molecular formula is C33H37ClN3O2S+. The predicted octanol–water partition coefficient (Wildman–Crippen LogP) is 5.99. The summed E-state index contributed by atoms with van der Waals surface area (Å²) in [5, 5.41) is 3.72. The van der Waals surface area contributed by atoms with Gasteiger partial charge in [-0.15, -0.1) is 0 Å². The summed E-state index contributed by atoms with van der Waals surface area (Å²) in [6, 6.07) is 23.8. The minimum Gasteiger partial charge on any atom is -0.352 e. The number of nitrogens with one attached hydrogen (secondary N) is 2. The van der Waals surface area contributed by atoms with Gasteiger partial charge in [0.1, 0.15) is 0 Å². The number of thioether (sulfide) groups is 1. The fraction of sp³-hybridized carbons (Fsp3) is 0.333. The van der Waals surface area contributed by atoms with E-state index in [4.69, 9.17) is 11.6 Å². The molecule has 7 heteroatoms. The summed E-state index contributed by atoms with van der Waals surface area (Å²) in [4.78, 5) is 31.4. The summed E-state index contributed by atoms with van der Waals surface area (Å²) in [7, 11) is 2.29. The van der Waals surface area contributed by atoms with Gasteiger partial charge in [-0.05, 0) is 79.3 Å². The number of rotatable bonds is 9. The van der Waals surface area contributed by atoms with Crippen LogP contribution in [0.25, 0.3) is 6.08 Å². The van der Waals surface area contributed by atoms with E-state index in [1.165, 1.54) is 43.9 Å². The molecule has 0 spiro atoms. The van der Waals surface area contributed by atoms with Gasteiger partial charge in [-0.25, -0.2) is 0 Å². The van der Waals surface area contributed by atoms with E-state index in [0.717, 1.165) is 40.7 Å². The van der Waals surface area contributed by atoms with Crippen LogP contribution in [-0.4, -0.2) is 38.0 Å². The molecule has 5 rings (SSSR count). The van der Waals surface area contributed by atoms with E-state index < -0.39 is 0 Å². The lowest BCUT2D eigenvalue weighted by molar-refractivity contribution is -0.907. The van der Waals surface area contributed by atoms with Gasteiger partial charge in [0.25, 0.3) is 11.8 Å². The van der Waals surface area contributed by atoms with Crippen LogP contribution in [0.1, 0.15) is 60.0 Å². The zero-order chi connectivity index (χ0) is 27.9. The molecule has 0 saturated heterocycles. The van der Waals surface area contributed by atoms with E-state index in [1.807, 2.05) is 78.9 Å². The van der Waals surface area contributed by atoms with Gasteiger partial charge in [0.15, 0.2) is 0 Å². The van der Waals surface area contributed by atoms with E-state index >= 15 is 0 Å². The van der Waals surface area contributed by atoms with Crippen molar-refractivity contribution < 1.29 is 14.5 Å². The second-order valence-corrected chi connectivity index (χ2v) is 12.3. The Labute approximate surface area is 246 Å². The smallest absolute Gasteiger partial charge is 0.265 e. The molecule has 0 aromatic heterocycles. The lowest BCUT2D eigenvalue weighted by Crippen LogP contribution is -3.13. The third kappa shape index (κ3) is 7.17. The summed E-state index contributed by atoms with van der Waals surface area (Å²) in [5.41, 5.74) is 3.38. The number of carbonyl (C=O) groups excluding carboxylic acids is 2. The molecule has 40 heavy (non-hydrogen) atoms. The number of nitrogens with zero attached hydrogens (tertiary/aromatic N) is 1. The molecular weight excluding hydrogens is 538 g/mol.